The van der Waals surface area contributed by atoms with Crippen LogP contribution in [0.3, 0.4) is 0 Å². The summed E-state index contributed by atoms with van der Waals surface area (Å²) in [4.78, 5) is 35.0. The van der Waals surface area contributed by atoms with Crippen LogP contribution in [0.1, 0.15) is 10.4 Å². The first-order valence-electron chi connectivity index (χ1n) is 4.99. The molecule has 19 heavy (non-hydrogen) atoms. The molecule has 0 atom stereocenters. The van der Waals surface area contributed by atoms with Crippen LogP contribution in [0.15, 0.2) is 36.4 Å². The highest BCUT2D eigenvalue weighted by Crippen LogP contribution is 2.21. The third kappa shape index (κ3) is 2.44. The van der Waals surface area contributed by atoms with Gasteiger partial charge in [-0.1, -0.05) is 12.1 Å². The first-order chi connectivity index (χ1) is 8.80. The molecular formula is C11H7NO6S. The van der Waals surface area contributed by atoms with Gasteiger partial charge in [-0.3, -0.25) is 18.9 Å². The fraction of sp³-hybridized carbons (Fsp3) is 0. The van der Waals surface area contributed by atoms with Crippen molar-refractivity contribution in [3.8, 4) is 0 Å². The number of benzene rings is 1. The third-order valence-corrected chi connectivity index (χ3v) is 3.09. The molecule has 1 heterocycles. The van der Waals surface area contributed by atoms with Crippen molar-refractivity contribution in [3.05, 3.63) is 42.0 Å². The summed E-state index contributed by atoms with van der Waals surface area (Å²) in [5.74, 6) is -1.19. The van der Waals surface area contributed by atoms with Gasteiger partial charge < -0.3 is 0 Å². The third-order valence-electron chi connectivity index (χ3n) is 2.38. The van der Waals surface area contributed by atoms with E-state index in [4.69, 9.17) is 4.55 Å². The van der Waals surface area contributed by atoms with Crippen LogP contribution in [-0.2, 0) is 19.7 Å². The topological polar surface area (TPSA) is 109 Å². The molecule has 2 amide bonds. The highest BCUT2D eigenvalue weighted by Gasteiger charge is 2.27. The summed E-state index contributed by atoms with van der Waals surface area (Å²) in [7, 11) is -4.87. The molecule has 0 saturated heterocycles. The van der Waals surface area contributed by atoms with Gasteiger partial charge in [0, 0.05) is 17.7 Å². The van der Waals surface area contributed by atoms with Crippen LogP contribution in [0.2, 0.25) is 0 Å². The van der Waals surface area contributed by atoms with Crippen LogP contribution in [0.5, 0.6) is 0 Å². The zero-order chi connectivity index (χ0) is 14.2. The number of hydrogen-bond donors (Lipinski definition) is 1. The van der Waals surface area contributed by atoms with E-state index in [-0.39, 0.29) is 11.3 Å². The Balaban J connectivity index is 2.44. The Morgan fingerprint density at radius 2 is 1.68 bits per heavy atom. The second-order valence-corrected chi connectivity index (χ2v) is 4.98. The van der Waals surface area contributed by atoms with Crippen molar-refractivity contribution in [3.63, 3.8) is 0 Å². The maximum atomic E-state index is 11.4. The average Bonchev–Trinajstić information content (AvgIpc) is 2.67. The van der Waals surface area contributed by atoms with Crippen LogP contribution < -0.4 is 4.90 Å². The van der Waals surface area contributed by atoms with Crippen molar-refractivity contribution in [1.29, 1.82) is 0 Å². The maximum Gasteiger partial charge on any atom is 0.333 e. The summed E-state index contributed by atoms with van der Waals surface area (Å²) in [5.41, 5.74) is -0.290. The van der Waals surface area contributed by atoms with Crippen molar-refractivity contribution < 1.29 is 27.4 Å². The lowest BCUT2D eigenvalue weighted by Gasteiger charge is -2.14. The standard InChI is InChI=1S/C11H7NO6S/c13-9-4-5-10(14)12(9)8-3-1-2-7(6-8)11(15)19(16,17)18/h1-6H,(H,16,17,18). The number of imide groups is 1. The van der Waals surface area contributed by atoms with Crippen molar-refractivity contribution in [2.45, 2.75) is 0 Å². The lowest BCUT2D eigenvalue weighted by Crippen LogP contribution is -2.29. The van der Waals surface area contributed by atoms with Crippen molar-refractivity contribution in [2.24, 2.45) is 0 Å². The van der Waals surface area contributed by atoms with Crippen molar-refractivity contribution >= 4 is 32.7 Å². The van der Waals surface area contributed by atoms with E-state index < -0.39 is 27.0 Å². The molecule has 1 aliphatic heterocycles. The van der Waals surface area contributed by atoms with Gasteiger partial charge in [0.2, 0.25) is 0 Å². The van der Waals surface area contributed by atoms with Gasteiger partial charge in [0.05, 0.1) is 5.69 Å². The Labute approximate surface area is 107 Å². The lowest BCUT2D eigenvalue weighted by atomic mass is 10.2. The Morgan fingerprint density at radius 1 is 1.11 bits per heavy atom. The molecule has 0 unspecified atom stereocenters. The number of hydrogen-bond acceptors (Lipinski definition) is 5. The quantitative estimate of drug-likeness (QED) is 0.610. The normalized spacial score (nSPS) is 15.1. The van der Waals surface area contributed by atoms with E-state index in [0.29, 0.717) is 0 Å². The molecule has 1 aliphatic rings. The molecule has 7 nitrogen and oxygen atoms in total. The molecule has 0 fully saturated rings. The first-order valence-corrected chi connectivity index (χ1v) is 6.43. The van der Waals surface area contributed by atoms with Crippen LogP contribution in [0.25, 0.3) is 0 Å². The number of nitrogens with zero attached hydrogens (tertiary/aromatic N) is 1. The molecule has 0 spiro atoms. The predicted octanol–water partition coefficient (Wildman–Crippen LogP) is 0.144. The molecule has 8 heteroatoms. The van der Waals surface area contributed by atoms with E-state index in [1.54, 1.807) is 0 Å². The minimum absolute atomic E-state index is 0.0505. The molecule has 98 valence electrons. The Bertz CT molecular complexity index is 700. The van der Waals surface area contributed by atoms with E-state index in [1.807, 2.05) is 0 Å². The zero-order valence-electron chi connectivity index (χ0n) is 9.31. The van der Waals surface area contributed by atoms with Gasteiger partial charge in [-0.2, -0.15) is 8.42 Å². The molecule has 1 N–H and O–H groups in total. The maximum absolute atomic E-state index is 11.4. The highest BCUT2D eigenvalue weighted by atomic mass is 32.2. The predicted molar refractivity (Wildman–Crippen MR) is 64.0 cm³/mol. The fourth-order valence-corrected chi connectivity index (χ4v) is 2.00. The van der Waals surface area contributed by atoms with Crippen LogP contribution in [-0.4, -0.2) is 29.9 Å². The largest absolute Gasteiger partial charge is 0.333 e. The molecule has 0 saturated carbocycles. The van der Waals surface area contributed by atoms with Crippen LogP contribution in [0.4, 0.5) is 5.69 Å². The fourth-order valence-electron chi connectivity index (χ4n) is 1.58. The Morgan fingerprint density at radius 3 is 2.21 bits per heavy atom. The molecule has 0 radical (unpaired) electrons. The van der Waals surface area contributed by atoms with Crippen LogP contribution in [0, 0.1) is 0 Å². The van der Waals surface area contributed by atoms with E-state index in [9.17, 15) is 22.8 Å². The molecule has 0 aromatic heterocycles. The second kappa shape index (κ2) is 4.41. The number of amides is 2. The van der Waals surface area contributed by atoms with Gasteiger partial charge in [-0.15, -0.1) is 0 Å². The summed E-state index contributed by atoms with van der Waals surface area (Å²) in [6.45, 7) is 0. The van der Waals surface area contributed by atoms with Crippen LogP contribution >= 0.6 is 0 Å². The molecule has 0 aliphatic carbocycles. The number of carbonyl (C=O) groups is 3. The number of rotatable bonds is 2. The van der Waals surface area contributed by atoms with Gasteiger partial charge in [0.25, 0.3) is 11.8 Å². The van der Waals surface area contributed by atoms with Gasteiger partial charge >= 0.3 is 15.2 Å². The molecule has 0 bridgehead atoms. The smallest absolute Gasteiger partial charge is 0.279 e. The summed E-state index contributed by atoms with van der Waals surface area (Å²) in [6.07, 6.45) is 2.11. The summed E-state index contributed by atoms with van der Waals surface area (Å²) in [6, 6.07) is 4.85. The Hall–Kier alpha value is -2.32. The van der Waals surface area contributed by atoms with Crippen molar-refractivity contribution in [1.82, 2.24) is 0 Å². The average molecular weight is 281 g/mol. The van der Waals surface area contributed by atoms with Crippen molar-refractivity contribution in [2.75, 3.05) is 4.90 Å². The van der Waals surface area contributed by atoms with E-state index in [2.05, 4.69) is 0 Å². The second-order valence-electron chi connectivity index (χ2n) is 3.66. The first kappa shape index (κ1) is 13.1. The minimum Gasteiger partial charge on any atom is -0.279 e. The van der Waals surface area contributed by atoms with Gasteiger partial charge in [0.1, 0.15) is 0 Å². The molecule has 1 aromatic carbocycles. The SMILES string of the molecule is O=C1C=CC(=O)N1c1cccc(C(=O)S(=O)(=O)O)c1. The van der Waals surface area contributed by atoms with Gasteiger partial charge in [0.15, 0.2) is 0 Å². The minimum atomic E-state index is -4.87. The molecule has 2 rings (SSSR count). The zero-order valence-corrected chi connectivity index (χ0v) is 10.1. The summed E-state index contributed by atoms with van der Waals surface area (Å²) in [5, 5.41) is -1.50. The number of carbonyl (C=O) groups excluding carboxylic acids is 3. The summed E-state index contributed by atoms with van der Waals surface area (Å²) < 4.78 is 30.1. The molecular weight excluding hydrogens is 274 g/mol. The molecule has 1 aromatic rings. The lowest BCUT2D eigenvalue weighted by molar-refractivity contribution is -0.119. The van der Waals surface area contributed by atoms with E-state index >= 15 is 0 Å². The van der Waals surface area contributed by atoms with E-state index in [0.717, 1.165) is 29.2 Å². The summed E-state index contributed by atoms with van der Waals surface area (Å²) >= 11 is 0. The highest BCUT2D eigenvalue weighted by molar-refractivity contribution is 8.01. The number of anilines is 1. The Kier molecular flexibility index (Phi) is 3.05. The van der Waals surface area contributed by atoms with Gasteiger partial charge in [-0.25, -0.2) is 4.90 Å². The van der Waals surface area contributed by atoms with E-state index in [1.165, 1.54) is 12.1 Å². The van der Waals surface area contributed by atoms with Gasteiger partial charge in [-0.05, 0) is 12.1 Å². The monoisotopic (exact) mass is 281 g/mol.